The Bertz CT molecular complexity index is 696. The Morgan fingerprint density at radius 1 is 1.17 bits per heavy atom. The summed E-state index contributed by atoms with van der Waals surface area (Å²) in [5.74, 6) is -2.31. The molecule has 2 unspecified atom stereocenters. The van der Waals surface area contributed by atoms with E-state index in [0.29, 0.717) is 17.0 Å². The van der Waals surface area contributed by atoms with Crippen LogP contribution in [0.15, 0.2) is 46.9 Å². The maximum absolute atomic E-state index is 11.6. The number of hydrogen-bond donors (Lipinski definition) is 6. The number of carboxylic acid groups (broad SMARTS) is 1. The molecule has 0 spiro atoms. The number of hydrogen-bond acceptors (Lipinski definition) is 6. The van der Waals surface area contributed by atoms with Crippen molar-refractivity contribution in [3.8, 4) is 0 Å². The Balaban J connectivity index is 2.67. The molecule has 9 nitrogen and oxygen atoms in total. The van der Waals surface area contributed by atoms with Gasteiger partial charge < -0.3 is 20.8 Å². The van der Waals surface area contributed by atoms with Crippen LogP contribution >= 0.6 is 0 Å². The van der Waals surface area contributed by atoms with Crippen LogP contribution in [0.2, 0.25) is 0 Å². The Kier molecular flexibility index (Phi) is 4.80. The van der Waals surface area contributed by atoms with Gasteiger partial charge in [-0.05, 0) is 19.4 Å². The van der Waals surface area contributed by atoms with Gasteiger partial charge >= 0.3 is 5.97 Å². The van der Waals surface area contributed by atoms with Crippen LogP contribution < -0.4 is 15.8 Å². The first-order valence-electron chi connectivity index (χ1n) is 6.72. The van der Waals surface area contributed by atoms with Gasteiger partial charge in [0.05, 0.1) is 17.2 Å². The fourth-order valence-electron chi connectivity index (χ4n) is 2.75. The van der Waals surface area contributed by atoms with E-state index >= 15 is 0 Å². The van der Waals surface area contributed by atoms with Crippen LogP contribution in [-0.2, 0) is 4.79 Å². The zero-order valence-electron chi connectivity index (χ0n) is 12.5. The van der Waals surface area contributed by atoms with Crippen LogP contribution in [0, 0.1) is 10.4 Å². The van der Waals surface area contributed by atoms with E-state index in [1.165, 1.54) is 24.3 Å². The largest absolute Gasteiger partial charge is 0.595 e. The Morgan fingerprint density at radius 3 is 2.35 bits per heavy atom. The van der Waals surface area contributed by atoms with Crippen molar-refractivity contribution in [1.29, 1.82) is 0 Å². The molecule has 9 heteroatoms. The van der Waals surface area contributed by atoms with Gasteiger partial charge in [-0.3, -0.25) is 0 Å². The summed E-state index contributed by atoms with van der Waals surface area (Å²) in [5.41, 5.74) is 0.688. The molecule has 0 aromatic heterocycles. The third-order valence-electron chi connectivity index (χ3n) is 3.69. The van der Waals surface area contributed by atoms with Crippen molar-refractivity contribution in [2.75, 3.05) is 0 Å². The number of quaternary nitrogens is 2. The summed E-state index contributed by atoms with van der Waals surface area (Å²) in [6.45, 7) is 3.08. The van der Waals surface area contributed by atoms with Crippen LogP contribution in [-0.4, -0.2) is 21.5 Å². The molecule has 0 saturated heterocycles. The summed E-state index contributed by atoms with van der Waals surface area (Å²) in [6, 6.07) is 5.64. The second-order valence-corrected chi connectivity index (χ2v) is 5.18. The average molecular weight is 323 g/mol. The van der Waals surface area contributed by atoms with Crippen LogP contribution in [0.3, 0.4) is 0 Å². The van der Waals surface area contributed by atoms with Crippen LogP contribution in [0.5, 0.6) is 0 Å². The van der Waals surface area contributed by atoms with Crippen molar-refractivity contribution < 1.29 is 30.8 Å². The smallest absolute Gasteiger partial charge is 0.334 e. The van der Waals surface area contributed by atoms with Gasteiger partial charge in [-0.1, -0.05) is 12.1 Å². The van der Waals surface area contributed by atoms with Gasteiger partial charge in [-0.25, -0.2) is 15.2 Å². The summed E-state index contributed by atoms with van der Waals surface area (Å²) in [7, 11) is 0. The fourth-order valence-corrected chi connectivity index (χ4v) is 2.75. The maximum atomic E-state index is 11.6. The first kappa shape index (κ1) is 17.1. The fraction of sp³-hybridized carbons (Fsp3) is 0.214. The van der Waals surface area contributed by atoms with E-state index in [2.05, 4.69) is 5.32 Å². The lowest BCUT2D eigenvalue weighted by Crippen LogP contribution is -3.03. The molecular formula is C14H17N3O6. The molecule has 1 aromatic carbocycles. The number of allylic oxidation sites excluding steroid dienone is 3. The molecular weight excluding hydrogens is 306 g/mol. The van der Waals surface area contributed by atoms with E-state index in [1.807, 2.05) is 0 Å². The van der Waals surface area contributed by atoms with Crippen molar-refractivity contribution in [3.63, 3.8) is 0 Å². The molecule has 124 valence electrons. The third-order valence-corrected chi connectivity index (χ3v) is 3.69. The average Bonchev–Trinajstić information content (AvgIpc) is 2.45. The zero-order chi connectivity index (χ0) is 17.3. The van der Waals surface area contributed by atoms with E-state index in [1.54, 1.807) is 13.8 Å². The van der Waals surface area contributed by atoms with E-state index in [-0.39, 0.29) is 17.0 Å². The highest BCUT2D eigenvalue weighted by molar-refractivity contribution is 5.90. The number of aliphatic carboxylic acids is 1. The summed E-state index contributed by atoms with van der Waals surface area (Å²) in [6.07, 6.45) is 0. The number of hydroxylamine groups is 2. The molecule has 1 heterocycles. The Labute approximate surface area is 131 Å². The highest BCUT2D eigenvalue weighted by atomic mass is 16.8. The Hall–Kier alpha value is -2.27. The van der Waals surface area contributed by atoms with Crippen LogP contribution in [0.1, 0.15) is 25.3 Å². The molecule has 1 aliphatic heterocycles. The number of nitrogens with one attached hydrogen (secondary N) is 3. The Morgan fingerprint density at radius 2 is 1.83 bits per heavy atom. The zero-order valence-corrected chi connectivity index (χ0v) is 12.5. The predicted molar refractivity (Wildman–Crippen MR) is 77.2 cm³/mol. The summed E-state index contributed by atoms with van der Waals surface area (Å²) in [5, 5.41) is 51.1. The molecule has 1 aromatic rings. The second-order valence-electron chi connectivity index (χ2n) is 5.18. The molecule has 0 amide bonds. The minimum atomic E-state index is -1.26. The number of dihydropyridines is 1. The monoisotopic (exact) mass is 323 g/mol. The molecule has 6 N–H and O–H groups in total. The highest BCUT2D eigenvalue weighted by Gasteiger charge is 2.37. The highest BCUT2D eigenvalue weighted by Crippen LogP contribution is 2.35. The van der Waals surface area contributed by atoms with E-state index in [0.717, 1.165) is 0 Å². The lowest BCUT2D eigenvalue weighted by Gasteiger charge is -2.31. The predicted octanol–water partition coefficient (Wildman–Crippen LogP) is -0.861. The van der Waals surface area contributed by atoms with Gasteiger partial charge in [0.1, 0.15) is 0 Å². The summed E-state index contributed by atoms with van der Waals surface area (Å²) in [4.78, 5) is 11.6. The van der Waals surface area contributed by atoms with Gasteiger partial charge in [-0.2, -0.15) is 10.5 Å². The topological polar surface area (TPSA) is 145 Å². The number of benzene rings is 1. The summed E-state index contributed by atoms with van der Waals surface area (Å²) < 4.78 is 0. The molecule has 3 atom stereocenters. The molecule has 0 fully saturated rings. The first-order chi connectivity index (χ1) is 10.7. The number of carbonyl (C=O) groups is 1. The van der Waals surface area contributed by atoms with Gasteiger partial charge in [-0.15, -0.1) is 0 Å². The van der Waals surface area contributed by atoms with E-state index < -0.39 is 22.3 Å². The van der Waals surface area contributed by atoms with Crippen molar-refractivity contribution in [2.45, 2.75) is 19.8 Å². The van der Waals surface area contributed by atoms with Gasteiger partial charge in [0, 0.05) is 17.8 Å². The number of carboxylic acids is 1. The van der Waals surface area contributed by atoms with Crippen molar-refractivity contribution >= 4 is 11.7 Å². The van der Waals surface area contributed by atoms with Gasteiger partial charge in [0.25, 0.3) is 0 Å². The van der Waals surface area contributed by atoms with Crippen molar-refractivity contribution in [2.24, 2.45) is 0 Å². The number of rotatable bonds is 4. The second kappa shape index (κ2) is 6.46. The minimum absolute atomic E-state index is 0.0363. The van der Waals surface area contributed by atoms with Crippen molar-refractivity contribution in [1.82, 2.24) is 5.32 Å². The molecule has 0 bridgehead atoms. The van der Waals surface area contributed by atoms with E-state index in [9.17, 15) is 25.5 Å². The third kappa shape index (κ3) is 3.24. The molecule has 0 aliphatic carbocycles. The molecule has 2 rings (SSSR count). The standard InChI is InChI=1S/C14H17N3O6/c1-7-11(14(18)19)12(13(17(22)23)8(2)15-7)9-4-3-5-10(6-9)16(20)21/h3-6,12,15-17,20,22H,1-2H3,(H,18,19)/t12-/m1/s1. The molecule has 0 saturated carbocycles. The maximum Gasteiger partial charge on any atom is 0.334 e. The quantitative estimate of drug-likeness (QED) is 0.395. The van der Waals surface area contributed by atoms with Gasteiger partial charge in [0.2, 0.25) is 0 Å². The lowest BCUT2D eigenvalue weighted by atomic mass is 9.84. The van der Waals surface area contributed by atoms with E-state index in [4.69, 9.17) is 5.21 Å². The lowest BCUT2D eigenvalue weighted by molar-refractivity contribution is -1.02. The minimum Gasteiger partial charge on any atom is -0.595 e. The molecule has 0 radical (unpaired) electrons. The van der Waals surface area contributed by atoms with Gasteiger partial charge in [0.15, 0.2) is 11.4 Å². The van der Waals surface area contributed by atoms with Crippen LogP contribution in [0.4, 0.5) is 5.69 Å². The van der Waals surface area contributed by atoms with Crippen LogP contribution in [0.25, 0.3) is 0 Å². The molecule has 23 heavy (non-hydrogen) atoms. The van der Waals surface area contributed by atoms with Crippen molar-refractivity contribution in [3.05, 3.63) is 62.9 Å². The first-order valence-corrected chi connectivity index (χ1v) is 6.72. The SMILES string of the molecule is CC1=C(C(=O)O)[C@@H](c2cccc([NH+]([O-])O)c2)C([NH+]([O-])O)=C(C)N1. The summed E-state index contributed by atoms with van der Waals surface area (Å²) >= 11 is 0. The molecule has 1 aliphatic rings. The normalized spacial score (nSPS) is 21.0.